The Kier molecular flexibility index (Phi) is 8.63. The molecule has 0 aromatic heterocycles. The normalized spacial score (nSPS) is 27.3. The molecular weight excluding hydrogens is 634 g/mol. The first-order valence-electron chi connectivity index (χ1n) is 16.0. The van der Waals surface area contributed by atoms with Crippen LogP contribution in [0.5, 0.6) is 5.75 Å². The topological polar surface area (TPSA) is 90.4 Å². The number of rotatable bonds is 8. The van der Waals surface area contributed by atoms with E-state index in [4.69, 9.17) is 16.3 Å². The largest absolute Gasteiger partial charge is 0.494 e. The summed E-state index contributed by atoms with van der Waals surface area (Å²) in [6, 6.07) is 22.6. The number of ether oxygens (including phenoxy) is 1. The van der Waals surface area contributed by atoms with Crippen LogP contribution in [0, 0.1) is 11.8 Å². The maximum atomic E-state index is 14.9. The first-order chi connectivity index (χ1) is 22.9. The third-order valence-electron chi connectivity index (χ3n) is 9.62. The fourth-order valence-corrected chi connectivity index (χ4v) is 9.85. The molecule has 47 heavy (non-hydrogen) atoms. The summed E-state index contributed by atoms with van der Waals surface area (Å²) in [5, 5.41) is 10.9. The van der Waals surface area contributed by atoms with Crippen molar-refractivity contribution in [3.63, 3.8) is 0 Å². The van der Waals surface area contributed by atoms with Crippen LogP contribution in [0.25, 0.3) is 0 Å². The van der Waals surface area contributed by atoms with Crippen LogP contribution in [0.2, 0.25) is 5.02 Å². The molecule has 2 saturated heterocycles. The van der Waals surface area contributed by atoms with Gasteiger partial charge in [-0.1, -0.05) is 78.4 Å². The molecule has 0 saturated carbocycles. The van der Waals surface area contributed by atoms with Crippen LogP contribution in [0.4, 0.5) is 11.4 Å². The van der Waals surface area contributed by atoms with E-state index in [9.17, 15) is 19.5 Å². The van der Waals surface area contributed by atoms with Gasteiger partial charge in [0.1, 0.15) is 11.8 Å². The predicted octanol–water partition coefficient (Wildman–Crippen LogP) is 5.15. The van der Waals surface area contributed by atoms with E-state index >= 15 is 0 Å². The molecule has 1 unspecified atom stereocenters. The Morgan fingerprint density at radius 1 is 0.915 bits per heavy atom. The van der Waals surface area contributed by atoms with Crippen molar-refractivity contribution in [2.24, 2.45) is 11.8 Å². The quantitative estimate of drug-likeness (QED) is 0.334. The van der Waals surface area contributed by atoms with Crippen molar-refractivity contribution in [2.75, 3.05) is 36.1 Å². The zero-order valence-corrected chi connectivity index (χ0v) is 27.5. The monoisotopic (exact) mass is 669 g/mol. The smallest absolute Gasteiger partial charge is 0.251 e. The second-order valence-electron chi connectivity index (χ2n) is 12.2. The van der Waals surface area contributed by atoms with E-state index < -0.39 is 28.7 Å². The number of halogens is 1. The van der Waals surface area contributed by atoms with Crippen LogP contribution in [0.1, 0.15) is 12.5 Å². The lowest BCUT2D eigenvalue weighted by molar-refractivity contribution is -0.141. The molecule has 0 bridgehead atoms. The first kappa shape index (κ1) is 31.5. The molecule has 242 valence electrons. The SMILES string of the molecule is CCOc1ccc(N2CC=C[C@H]3S[C@]45C=CCN(c6ccccc6Cl)C(=O)C4N([C@@H](CO)Cc4ccccc4)C(=O)[C@@H]5[C@H]3C2=O)cc1. The minimum atomic E-state index is -1.04. The Balaban J connectivity index is 1.32. The van der Waals surface area contributed by atoms with E-state index in [0.29, 0.717) is 41.7 Å². The van der Waals surface area contributed by atoms with Crippen molar-refractivity contribution in [1.82, 2.24) is 4.90 Å². The van der Waals surface area contributed by atoms with Crippen LogP contribution in [0.15, 0.2) is 103 Å². The molecule has 7 rings (SSSR count). The first-order valence-corrected chi connectivity index (χ1v) is 17.2. The average Bonchev–Trinajstić information content (AvgIpc) is 3.40. The Morgan fingerprint density at radius 2 is 1.64 bits per heavy atom. The van der Waals surface area contributed by atoms with Crippen molar-refractivity contribution in [3.8, 4) is 5.75 Å². The van der Waals surface area contributed by atoms with E-state index in [1.54, 1.807) is 26.8 Å². The molecule has 3 amide bonds. The zero-order valence-electron chi connectivity index (χ0n) is 25.9. The van der Waals surface area contributed by atoms with Crippen molar-refractivity contribution < 1.29 is 24.2 Å². The molecule has 4 heterocycles. The molecule has 6 atom stereocenters. The van der Waals surface area contributed by atoms with Gasteiger partial charge in [-0.15, -0.1) is 11.8 Å². The Hall–Kier alpha value is -4.05. The van der Waals surface area contributed by atoms with E-state index in [1.165, 1.54) is 11.8 Å². The number of fused-ring (bicyclic) bond motifs is 2. The highest BCUT2D eigenvalue weighted by atomic mass is 35.5. The molecule has 0 aliphatic carbocycles. The van der Waals surface area contributed by atoms with Gasteiger partial charge >= 0.3 is 0 Å². The van der Waals surface area contributed by atoms with Gasteiger partial charge in [-0.05, 0) is 55.3 Å². The lowest BCUT2D eigenvalue weighted by Gasteiger charge is -2.38. The second kappa shape index (κ2) is 12.9. The number of likely N-dealkylation sites (tertiary alicyclic amines) is 1. The number of aliphatic hydroxyl groups excluding tert-OH is 1. The summed E-state index contributed by atoms with van der Waals surface area (Å²) in [5.74, 6) is -1.56. The predicted molar refractivity (Wildman–Crippen MR) is 185 cm³/mol. The number of benzene rings is 3. The Labute approximate surface area is 283 Å². The number of hydrogen-bond acceptors (Lipinski definition) is 6. The highest BCUT2D eigenvalue weighted by molar-refractivity contribution is 8.02. The molecule has 4 aliphatic rings. The summed E-state index contributed by atoms with van der Waals surface area (Å²) >= 11 is 8.13. The number of anilines is 2. The number of para-hydroxylation sites is 1. The molecule has 3 aromatic rings. The molecule has 4 aliphatic heterocycles. The molecule has 0 radical (unpaired) electrons. The highest BCUT2D eigenvalue weighted by Gasteiger charge is 2.71. The van der Waals surface area contributed by atoms with Crippen LogP contribution < -0.4 is 14.5 Å². The number of thioether (sulfide) groups is 1. The summed E-state index contributed by atoms with van der Waals surface area (Å²) in [7, 11) is 0. The van der Waals surface area contributed by atoms with Gasteiger partial charge in [0.05, 0.1) is 46.5 Å². The van der Waals surface area contributed by atoms with Crippen LogP contribution >= 0.6 is 23.4 Å². The minimum absolute atomic E-state index is 0.163. The summed E-state index contributed by atoms with van der Waals surface area (Å²) in [6.07, 6.45) is 8.26. The van der Waals surface area contributed by atoms with Crippen LogP contribution in [-0.4, -0.2) is 76.1 Å². The molecule has 3 aromatic carbocycles. The molecule has 8 nitrogen and oxygen atoms in total. The van der Waals surface area contributed by atoms with Crippen LogP contribution in [-0.2, 0) is 20.8 Å². The van der Waals surface area contributed by atoms with E-state index in [-0.39, 0.29) is 36.1 Å². The zero-order chi connectivity index (χ0) is 32.7. The molecule has 10 heteroatoms. The van der Waals surface area contributed by atoms with Gasteiger partial charge in [0, 0.05) is 24.0 Å². The maximum absolute atomic E-state index is 14.9. The molecule has 2 fully saturated rings. The summed E-state index contributed by atoms with van der Waals surface area (Å²) in [5.41, 5.74) is 2.20. The molecule has 1 spiro atoms. The minimum Gasteiger partial charge on any atom is -0.494 e. The number of nitrogens with zero attached hydrogens (tertiary/aromatic N) is 3. The highest BCUT2D eigenvalue weighted by Crippen LogP contribution is 2.61. The number of carbonyl (C=O) groups is 3. The third kappa shape index (κ3) is 5.34. The summed E-state index contributed by atoms with van der Waals surface area (Å²) in [6.45, 7) is 2.74. The van der Waals surface area contributed by atoms with Gasteiger partial charge in [-0.2, -0.15) is 0 Å². The van der Waals surface area contributed by atoms with E-state index in [0.717, 1.165) is 5.56 Å². The fourth-order valence-electron chi connectivity index (χ4n) is 7.61. The van der Waals surface area contributed by atoms with Crippen molar-refractivity contribution in [2.45, 2.75) is 35.4 Å². The average molecular weight is 670 g/mol. The van der Waals surface area contributed by atoms with Gasteiger partial charge in [0.2, 0.25) is 11.8 Å². The summed E-state index contributed by atoms with van der Waals surface area (Å²) < 4.78 is 4.58. The second-order valence-corrected chi connectivity index (χ2v) is 14.1. The number of hydrogen-bond donors (Lipinski definition) is 1. The maximum Gasteiger partial charge on any atom is 0.251 e. The van der Waals surface area contributed by atoms with Crippen molar-refractivity contribution in [3.05, 3.63) is 114 Å². The summed E-state index contributed by atoms with van der Waals surface area (Å²) in [4.78, 5) is 49.4. The lowest BCUT2D eigenvalue weighted by atomic mass is 9.78. The van der Waals surface area contributed by atoms with Crippen molar-refractivity contribution >= 4 is 52.5 Å². The van der Waals surface area contributed by atoms with Gasteiger partial charge in [0.25, 0.3) is 5.91 Å². The Morgan fingerprint density at radius 3 is 2.36 bits per heavy atom. The van der Waals surface area contributed by atoms with Crippen molar-refractivity contribution in [1.29, 1.82) is 0 Å². The standard InChI is InChI=1S/C37H36ClN3O5S/c1-2-46-27-17-15-25(16-18-27)39-20-8-14-30-31(34(39)43)32-35(44)41(26(23-42)22-24-10-4-3-5-11-24)33-36(45)40(21-9-19-37(32,33)47-30)29-13-7-6-12-28(29)38/h3-19,26,30-33,42H,2,20-23H2,1H3/t26-,30-,31+,32+,33?,37+/m1/s1. The fraction of sp³-hybridized carbons (Fsp3) is 0.324. The lowest BCUT2D eigenvalue weighted by Crippen LogP contribution is -2.57. The van der Waals surface area contributed by atoms with Gasteiger partial charge in [0.15, 0.2) is 0 Å². The van der Waals surface area contributed by atoms with Gasteiger partial charge in [-0.3, -0.25) is 14.4 Å². The van der Waals surface area contributed by atoms with Gasteiger partial charge < -0.3 is 24.5 Å². The van der Waals surface area contributed by atoms with E-state index in [1.807, 2.05) is 98.0 Å². The number of carbonyl (C=O) groups excluding carboxylic acids is 3. The van der Waals surface area contributed by atoms with E-state index in [2.05, 4.69) is 0 Å². The molecular formula is C37H36ClN3O5S. The number of aliphatic hydroxyl groups is 1. The van der Waals surface area contributed by atoms with Crippen LogP contribution in [0.3, 0.4) is 0 Å². The molecule has 1 N–H and O–H groups in total. The van der Waals surface area contributed by atoms with Gasteiger partial charge in [-0.25, -0.2) is 0 Å². The number of amides is 3. The Bertz CT molecular complexity index is 1730. The third-order valence-corrected chi connectivity index (χ3v) is 11.7.